The minimum Gasteiger partial charge on any atom is -0.396 e. The molecular formula is C12H20N2O3S. The summed E-state index contributed by atoms with van der Waals surface area (Å²) in [6.45, 7) is 2.02. The molecule has 0 aliphatic carbocycles. The van der Waals surface area contributed by atoms with E-state index < -0.39 is 5.41 Å². The molecule has 1 heterocycles. The summed E-state index contributed by atoms with van der Waals surface area (Å²) >= 11 is 4.79. The number of aliphatic hydroxyl groups excluding tert-OH is 1. The van der Waals surface area contributed by atoms with E-state index in [0.717, 1.165) is 25.7 Å². The van der Waals surface area contributed by atoms with Gasteiger partial charge in [-0.05, 0) is 31.5 Å². The molecule has 0 atom stereocenters. The molecule has 0 saturated carbocycles. The first-order valence-corrected chi connectivity index (χ1v) is 6.75. The fraction of sp³-hybridized carbons (Fsp3) is 0.750. The third-order valence-electron chi connectivity index (χ3n) is 3.44. The topological polar surface area (TPSA) is 78.4 Å². The van der Waals surface area contributed by atoms with Gasteiger partial charge in [-0.1, -0.05) is 26.2 Å². The average Bonchev–Trinajstić information content (AvgIpc) is 2.32. The van der Waals surface area contributed by atoms with E-state index >= 15 is 0 Å². The highest BCUT2D eigenvalue weighted by atomic mass is 32.1. The van der Waals surface area contributed by atoms with Crippen LogP contribution in [-0.2, 0) is 9.59 Å². The van der Waals surface area contributed by atoms with Gasteiger partial charge in [0.2, 0.25) is 11.8 Å². The first-order valence-electron chi connectivity index (χ1n) is 6.34. The molecule has 6 heteroatoms. The normalized spacial score (nSPS) is 18.4. The monoisotopic (exact) mass is 272 g/mol. The maximum atomic E-state index is 12.0. The number of carbonyl (C=O) groups excluding carboxylic acids is 2. The van der Waals surface area contributed by atoms with Gasteiger partial charge in [0, 0.05) is 6.61 Å². The highest BCUT2D eigenvalue weighted by Crippen LogP contribution is 2.31. The number of amides is 2. The quantitative estimate of drug-likeness (QED) is 0.365. The largest absolute Gasteiger partial charge is 0.396 e. The lowest BCUT2D eigenvalue weighted by atomic mass is 9.77. The second-order valence-electron chi connectivity index (χ2n) is 4.56. The fourth-order valence-corrected chi connectivity index (χ4v) is 2.38. The smallest absolute Gasteiger partial charge is 0.241 e. The number of thiocarbonyl (C=S) groups is 1. The van der Waals surface area contributed by atoms with Gasteiger partial charge in [-0.15, -0.1) is 0 Å². The lowest BCUT2D eigenvalue weighted by Gasteiger charge is -2.34. The van der Waals surface area contributed by atoms with Crippen LogP contribution in [0.3, 0.4) is 0 Å². The predicted molar refractivity (Wildman–Crippen MR) is 71.8 cm³/mol. The summed E-state index contributed by atoms with van der Waals surface area (Å²) < 4.78 is 0. The van der Waals surface area contributed by atoms with Gasteiger partial charge < -0.3 is 15.7 Å². The summed E-state index contributed by atoms with van der Waals surface area (Å²) in [4.78, 5) is 24.0. The Morgan fingerprint density at radius 3 is 2.17 bits per heavy atom. The summed E-state index contributed by atoms with van der Waals surface area (Å²) in [7, 11) is 0. The van der Waals surface area contributed by atoms with Crippen LogP contribution < -0.4 is 10.6 Å². The van der Waals surface area contributed by atoms with Crippen molar-refractivity contribution in [3.8, 4) is 0 Å². The van der Waals surface area contributed by atoms with E-state index in [1.54, 1.807) is 0 Å². The highest BCUT2D eigenvalue weighted by Gasteiger charge is 2.47. The summed E-state index contributed by atoms with van der Waals surface area (Å²) in [5.74, 6) is -0.582. The van der Waals surface area contributed by atoms with E-state index in [1.807, 2.05) is 6.92 Å². The molecule has 1 fully saturated rings. The molecule has 18 heavy (non-hydrogen) atoms. The molecule has 0 aromatic heterocycles. The number of rotatable bonds is 7. The van der Waals surface area contributed by atoms with Crippen LogP contribution in [0.4, 0.5) is 0 Å². The number of hydrogen-bond donors (Lipinski definition) is 3. The predicted octanol–water partition coefficient (Wildman–Crippen LogP) is 0.857. The van der Waals surface area contributed by atoms with E-state index in [0.29, 0.717) is 12.8 Å². The maximum absolute atomic E-state index is 12.0. The highest BCUT2D eigenvalue weighted by molar-refractivity contribution is 7.80. The van der Waals surface area contributed by atoms with Crippen molar-refractivity contribution in [3.05, 3.63) is 0 Å². The minimum atomic E-state index is -0.985. The molecule has 1 aliphatic heterocycles. The minimum absolute atomic E-state index is 0.0920. The number of unbranched alkanes of at least 4 members (excludes halogenated alkanes) is 3. The average molecular weight is 272 g/mol. The van der Waals surface area contributed by atoms with Crippen molar-refractivity contribution in [1.82, 2.24) is 10.6 Å². The second kappa shape index (κ2) is 6.80. The van der Waals surface area contributed by atoms with Gasteiger partial charge >= 0.3 is 0 Å². The standard InChI is InChI=1S/C12H20N2O3S/c1-2-12(7-5-3-4-6-8-15)9(16)13-11(18)14-10(12)17/h15H,2-8H2,1H3,(H2,13,14,16,17,18). The van der Waals surface area contributed by atoms with E-state index in [2.05, 4.69) is 10.6 Å². The molecule has 0 aromatic rings. The van der Waals surface area contributed by atoms with E-state index in [9.17, 15) is 9.59 Å². The molecule has 2 amide bonds. The summed E-state index contributed by atoms with van der Waals surface area (Å²) in [5, 5.41) is 13.8. The molecular weight excluding hydrogens is 252 g/mol. The Hall–Kier alpha value is -1.01. The van der Waals surface area contributed by atoms with Crippen LogP contribution in [0.2, 0.25) is 0 Å². The molecule has 1 saturated heterocycles. The third-order valence-corrected chi connectivity index (χ3v) is 3.64. The van der Waals surface area contributed by atoms with Crippen molar-refractivity contribution in [1.29, 1.82) is 0 Å². The van der Waals surface area contributed by atoms with Crippen LogP contribution in [0.5, 0.6) is 0 Å². The Kier molecular flexibility index (Phi) is 5.68. The van der Waals surface area contributed by atoms with E-state index in [1.165, 1.54) is 0 Å². The molecule has 0 aromatic carbocycles. The van der Waals surface area contributed by atoms with Gasteiger partial charge in [0.1, 0.15) is 5.41 Å². The lowest BCUT2D eigenvalue weighted by molar-refractivity contribution is -0.144. The molecule has 0 spiro atoms. The summed E-state index contributed by atoms with van der Waals surface area (Å²) in [5.41, 5.74) is -0.985. The van der Waals surface area contributed by atoms with Crippen molar-refractivity contribution in [2.45, 2.75) is 45.4 Å². The molecule has 0 unspecified atom stereocenters. The van der Waals surface area contributed by atoms with Gasteiger partial charge in [-0.25, -0.2) is 0 Å². The van der Waals surface area contributed by atoms with E-state index in [4.69, 9.17) is 17.3 Å². The summed E-state index contributed by atoms with van der Waals surface area (Å²) in [6, 6.07) is 0. The Morgan fingerprint density at radius 2 is 1.67 bits per heavy atom. The van der Waals surface area contributed by atoms with Gasteiger partial charge in [-0.2, -0.15) is 0 Å². The van der Waals surface area contributed by atoms with Gasteiger partial charge in [-0.3, -0.25) is 9.59 Å². The molecule has 0 radical (unpaired) electrons. The van der Waals surface area contributed by atoms with Crippen LogP contribution in [0.1, 0.15) is 45.4 Å². The van der Waals surface area contributed by atoms with Crippen molar-refractivity contribution in [2.75, 3.05) is 6.61 Å². The van der Waals surface area contributed by atoms with Crippen LogP contribution >= 0.6 is 12.2 Å². The van der Waals surface area contributed by atoms with Crippen LogP contribution in [0.25, 0.3) is 0 Å². The lowest BCUT2D eigenvalue weighted by Crippen LogP contribution is -2.62. The van der Waals surface area contributed by atoms with Gasteiger partial charge in [0.15, 0.2) is 5.11 Å². The molecule has 102 valence electrons. The Labute approximate surface area is 112 Å². The van der Waals surface area contributed by atoms with Crippen LogP contribution in [0, 0.1) is 5.41 Å². The summed E-state index contributed by atoms with van der Waals surface area (Å²) in [6.07, 6.45) is 4.37. The SMILES string of the molecule is CCC1(CCCCCCO)C(=O)NC(=S)NC1=O. The molecule has 3 N–H and O–H groups in total. The van der Waals surface area contributed by atoms with Crippen LogP contribution in [0.15, 0.2) is 0 Å². The van der Waals surface area contributed by atoms with Crippen molar-refractivity contribution >= 4 is 29.1 Å². The molecule has 0 bridgehead atoms. The van der Waals surface area contributed by atoms with Crippen molar-refractivity contribution < 1.29 is 14.7 Å². The zero-order valence-corrected chi connectivity index (χ0v) is 11.4. The third kappa shape index (κ3) is 3.26. The van der Waals surface area contributed by atoms with E-state index in [-0.39, 0.29) is 23.5 Å². The molecule has 5 nitrogen and oxygen atoms in total. The molecule has 1 rings (SSSR count). The first-order chi connectivity index (χ1) is 8.56. The fourth-order valence-electron chi connectivity index (χ4n) is 2.20. The second-order valence-corrected chi connectivity index (χ2v) is 4.97. The number of carbonyl (C=O) groups is 2. The van der Waals surface area contributed by atoms with Crippen molar-refractivity contribution in [3.63, 3.8) is 0 Å². The maximum Gasteiger partial charge on any atom is 0.241 e. The Morgan fingerprint density at radius 1 is 1.11 bits per heavy atom. The number of aliphatic hydroxyl groups is 1. The number of nitrogens with one attached hydrogen (secondary N) is 2. The van der Waals surface area contributed by atoms with Crippen molar-refractivity contribution in [2.24, 2.45) is 5.41 Å². The first kappa shape index (κ1) is 15.0. The number of hydrogen-bond acceptors (Lipinski definition) is 4. The zero-order chi connectivity index (χ0) is 13.6. The molecule has 1 aliphatic rings. The van der Waals surface area contributed by atoms with Gasteiger partial charge in [0.25, 0.3) is 0 Å². The van der Waals surface area contributed by atoms with Crippen LogP contribution in [-0.4, -0.2) is 28.6 Å². The zero-order valence-electron chi connectivity index (χ0n) is 10.6. The van der Waals surface area contributed by atoms with Gasteiger partial charge in [0.05, 0.1) is 0 Å². The Bertz CT molecular complexity index is 324. The Balaban J connectivity index is 2.58.